The first-order valence-corrected chi connectivity index (χ1v) is 17.0. The number of benzene rings is 3. The molecule has 8 heteroatoms. The third-order valence-electron chi connectivity index (χ3n) is 10.2. The first-order chi connectivity index (χ1) is 23.3. The van der Waals surface area contributed by atoms with Gasteiger partial charge in [-0.1, -0.05) is 103 Å². The molecule has 0 N–H and O–H groups in total. The molecule has 0 spiro atoms. The van der Waals surface area contributed by atoms with E-state index in [2.05, 4.69) is 54.7 Å². The molecule has 244 valence electrons. The summed E-state index contributed by atoms with van der Waals surface area (Å²) in [7, 11) is 0. The zero-order chi connectivity index (χ0) is 31.2. The maximum atomic E-state index is 6.92. The van der Waals surface area contributed by atoms with E-state index in [9.17, 15) is 0 Å². The Kier molecular flexibility index (Phi) is 8.19. The molecule has 9 rings (SSSR count). The molecule has 3 aromatic rings. The Labute approximate surface area is 274 Å². The molecular weight excluding hydrogens is 596 g/mol. The third kappa shape index (κ3) is 5.86. The van der Waals surface area contributed by atoms with Crippen LogP contribution in [0.5, 0.6) is 5.75 Å². The third-order valence-corrected chi connectivity index (χ3v) is 10.2. The van der Waals surface area contributed by atoms with Gasteiger partial charge in [-0.3, -0.25) is 0 Å². The minimum atomic E-state index is -0.419. The molecule has 6 aliphatic heterocycles. The monoisotopic (exact) mass is 636 g/mol. The molecule has 0 bridgehead atoms. The largest absolute Gasteiger partial charge is 0.484 e. The predicted molar refractivity (Wildman–Crippen MR) is 174 cm³/mol. The van der Waals surface area contributed by atoms with Crippen LogP contribution in [0.1, 0.15) is 31.1 Å². The van der Waals surface area contributed by atoms with Gasteiger partial charge in [0, 0.05) is 17.4 Å². The summed E-state index contributed by atoms with van der Waals surface area (Å²) < 4.78 is 53.0. The number of fused-ring (bicyclic) bond motifs is 6. The van der Waals surface area contributed by atoms with E-state index in [1.165, 1.54) is 0 Å². The van der Waals surface area contributed by atoms with Gasteiger partial charge in [0.15, 0.2) is 12.4 Å². The van der Waals surface area contributed by atoms with Crippen molar-refractivity contribution in [3.05, 3.63) is 115 Å². The number of rotatable bonds is 3. The average Bonchev–Trinajstić information content (AvgIpc) is 3.43. The molecule has 3 aromatic carbocycles. The van der Waals surface area contributed by atoms with Crippen LogP contribution >= 0.6 is 0 Å². The quantitative estimate of drug-likeness (QED) is 0.324. The fraction of sp³-hybridized carbons (Fsp3) is 0.436. The molecule has 6 aliphatic rings. The summed E-state index contributed by atoms with van der Waals surface area (Å²) in [5, 5.41) is 2.20. The maximum Gasteiger partial charge on any atom is 0.184 e. The number of hydrogen-bond donors (Lipinski definition) is 0. The molecular formula is C39H40O8. The molecule has 3 fully saturated rings. The minimum absolute atomic E-state index is 0.139. The Morgan fingerprint density at radius 3 is 2.28 bits per heavy atom. The van der Waals surface area contributed by atoms with Crippen LogP contribution in [0.15, 0.2) is 109 Å². The second kappa shape index (κ2) is 12.9. The Bertz CT molecular complexity index is 1630. The van der Waals surface area contributed by atoms with Crippen LogP contribution in [0.4, 0.5) is 0 Å². The molecule has 0 saturated carbocycles. The standard InChI is InChI=1S/C39H40O8/c1-2-11-25(12-3-1)39-41-23-35-29(47-39)18-9-17-28-30(43-35)19-20-31-33(42-28)22-34-37(46-31)38(36-32(44-34)15-6-7-21-40-36)45-27-16-8-13-24-10-4-5-14-26(24)27/h1-14,16,18-20,28-39H,15,17,21-23H2/b18-9-/t28-,29+,30+,31-,32+,33+,34-,35-,36+,37-,38-,39-/m1/s1. The van der Waals surface area contributed by atoms with Crippen molar-refractivity contribution in [2.45, 2.75) is 92.7 Å². The van der Waals surface area contributed by atoms with Gasteiger partial charge in [-0.05, 0) is 24.3 Å². The van der Waals surface area contributed by atoms with Crippen LogP contribution in [0.2, 0.25) is 0 Å². The minimum Gasteiger partial charge on any atom is -0.484 e. The molecule has 47 heavy (non-hydrogen) atoms. The van der Waals surface area contributed by atoms with Crippen molar-refractivity contribution in [2.75, 3.05) is 13.2 Å². The molecule has 0 amide bonds. The van der Waals surface area contributed by atoms with Gasteiger partial charge in [0.25, 0.3) is 0 Å². The van der Waals surface area contributed by atoms with Gasteiger partial charge in [0.2, 0.25) is 0 Å². The topological polar surface area (TPSA) is 73.8 Å². The van der Waals surface area contributed by atoms with Crippen LogP contribution in [-0.2, 0) is 33.2 Å². The second-order valence-corrected chi connectivity index (χ2v) is 13.2. The van der Waals surface area contributed by atoms with Crippen LogP contribution in [0, 0.1) is 0 Å². The summed E-state index contributed by atoms with van der Waals surface area (Å²) in [5.41, 5.74) is 1.00. The predicted octanol–water partition coefficient (Wildman–Crippen LogP) is 6.01. The van der Waals surface area contributed by atoms with Crippen molar-refractivity contribution in [2.24, 2.45) is 0 Å². The fourth-order valence-corrected chi connectivity index (χ4v) is 7.85. The lowest BCUT2D eigenvalue weighted by Gasteiger charge is -2.50. The number of ether oxygens (including phenoxy) is 8. The second-order valence-electron chi connectivity index (χ2n) is 13.2. The maximum absolute atomic E-state index is 6.92. The van der Waals surface area contributed by atoms with E-state index in [-0.39, 0.29) is 67.1 Å². The van der Waals surface area contributed by atoms with E-state index < -0.39 is 6.29 Å². The molecule has 0 radical (unpaired) electrons. The Hall–Kier alpha value is -3.34. The number of hydrogen-bond acceptors (Lipinski definition) is 8. The zero-order valence-electron chi connectivity index (χ0n) is 26.1. The summed E-state index contributed by atoms with van der Waals surface area (Å²) in [5.74, 6) is 0.825. The Morgan fingerprint density at radius 1 is 0.553 bits per heavy atom. The van der Waals surface area contributed by atoms with Gasteiger partial charge in [-0.15, -0.1) is 0 Å². The van der Waals surface area contributed by atoms with Crippen molar-refractivity contribution in [3.8, 4) is 5.75 Å². The molecule has 12 atom stereocenters. The van der Waals surface area contributed by atoms with Gasteiger partial charge < -0.3 is 37.9 Å². The van der Waals surface area contributed by atoms with Crippen LogP contribution in [-0.4, -0.2) is 80.4 Å². The van der Waals surface area contributed by atoms with E-state index in [4.69, 9.17) is 37.9 Å². The van der Waals surface area contributed by atoms with Crippen molar-refractivity contribution in [3.63, 3.8) is 0 Å². The summed E-state index contributed by atoms with van der Waals surface area (Å²) >= 11 is 0. The lowest BCUT2D eigenvalue weighted by atomic mass is 9.87. The Balaban J connectivity index is 0.959. The van der Waals surface area contributed by atoms with Crippen molar-refractivity contribution in [1.29, 1.82) is 0 Å². The van der Waals surface area contributed by atoms with Crippen molar-refractivity contribution < 1.29 is 37.9 Å². The van der Waals surface area contributed by atoms with E-state index in [0.717, 1.165) is 28.5 Å². The highest BCUT2D eigenvalue weighted by atomic mass is 16.7. The zero-order valence-corrected chi connectivity index (χ0v) is 26.1. The molecule has 0 unspecified atom stereocenters. The molecule has 0 aromatic heterocycles. The van der Waals surface area contributed by atoms with E-state index >= 15 is 0 Å². The summed E-state index contributed by atoms with van der Waals surface area (Å²) in [6.07, 6.45) is 11.7. The van der Waals surface area contributed by atoms with Crippen LogP contribution in [0.25, 0.3) is 10.8 Å². The van der Waals surface area contributed by atoms with Gasteiger partial charge in [-0.2, -0.15) is 0 Å². The highest BCUT2D eigenvalue weighted by molar-refractivity contribution is 5.88. The summed E-state index contributed by atoms with van der Waals surface area (Å²) in [6.45, 7) is 0.944. The van der Waals surface area contributed by atoms with Crippen molar-refractivity contribution >= 4 is 10.8 Å². The summed E-state index contributed by atoms with van der Waals surface area (Å²) in [6, 6.07) is 24.5. The molecule has 3 saturated heterocycles. The van der Waals surface area contributed by atoms with Crippen LogP contribution in [0.3, 0.4) is 0 Å². The lowest BCUT2D eigenvalue weighted by Crippen LogP contribution is -2.65. The molecule has 0 aliphatic carbocycles. The van der Waals surface area contributed by atoms with Crippen molar-refractivity contribution in [1.82, 2.24) is 0 Å². The molecule has 6 heterocycles. The van der Waals surface area contributed by atoms with Gasteiger partial charge in [0.05, 0.1) is 37.6 Å². The first kappa shape index (κ1) is 29.8. The van der Waals surface area contributed by atoms with E-state index in [1.807, 2.05) is 54.6 Å². The smallest absolute Gasteiger partial charge is 0.184 e. The normalized spacial score (nSPS) is 40.2. The highest BCUT2D eigenvalue weighted by Gasteiger charge is 2.54. The molecule has 8 nitrogen and oxygen atoms in total. The van der Waals surface area contributed by atoms with E-state index in [0.29, 0.717) is 26.1 Å². The van der Waals surface area contributed by atoms with E-state index in [1.54, 1.807) is 0 Å². The van der Waals surface area contributed by atoms with Gasteiger partial charge in [0.1, 0.15) is 42.4 Å². The summed E-state index contributed by atoms with van der Waals surface area (Å²) in [4.78, 5) is 0. The van der Waals surface area contributed by atoms with Gasteiger partial charge in [-0.25, -0.2) is 0 Å². The first-order valence-electron chi connectivity index (χ1n) is 17.0. The Morgan fingerprint density at radius 2 is 1.34 bits per heavy atom. The highest BCUT2D eigenvalue weighted by Crippen LogP contribution is 2.41. The van der Waals surface area contributed by atoms with Gasteiger partial charge >= 0.3 is 0 Å². The lowest BCUT2D eigenvalue weighted by molar-refractivity contribution is -0.285. The average molecular weight is 637 g/mol. The SMILES string of the molecule is C1=CC[C@@H]2O[C@@H]3C[C@@H]4O[C@@H]5C/C=C\[C@@H]6O[C@H](c7ccccc7)OC[C@H]6O[C@H]5C=C[C@H]4O[C@H]3[C@H](Oc3cccc4ccccc34)[C@H]2OC1. The fourth-order valence-electron chi connectivity index (χ4n) is 7.85. The van der Waals surface area contributed by atoms with Crippen LogP contribution < -0.4 is 4.74 Å².